The number of nitrogens with one attached hydrogen (secondary N) is 1. The summed E-state index contributed by atoms with van der Waals surface area (Å²) in [5.74, 6) is -0.138. The zero-order chi connectivity index (χ0) is 20.7. The van der Waals surface area contributed by atoms with E-state index in [0.29, 0.717) is 32.5 Å². The summed E-state index contributed by atoms with van der Waals surface area (Å²) in [5, 5.41) is 12.8. The minimum absolute atomic E-state index is 0.00306. The largest absolute Gasteiger partial charge is 0.416 e. The predicted molar refractivity (Wildman–Crippen MR) is 102 cm³/mol. The number of hydrogen-bond acceptors (Lipinski definition) is 3. The highest BCUT2D eigenvalue weighted by molar-refractivity contribution is 5.86. The van der Waals surface area contributed by atoms with E-state index in [9.17, 15) is 23.2 Å². The fourth-order valence-electron chi connectivity index (χ4n) is 5.61. The molecule has 2 saturated heterocycles. The van der Waals surface area contributed by atoms with Crippen LogP contribution < -0.4 is 5.32 Å². The quantitative estimate of drug-likeness (QED) is 0.801. The highest BCUT2D eigenvalue weighted by Crippen LogP contribution is 2.49. The van der Waals surface area contributed by atoms with Gasteiger partial charge in [0.25, 0.3) is 0 Å². The molecule has 156 valence electrons. The molecule has 1 aromatic carbocycles. The molecule has 0 aromatic heterocycles. The van der Waals surface area contributed by atoms with Crippen molar-refractivity contribution in [1.29, 1.82) is 5.26 Å². The van der Waals surface area contributed by atoms with Crippen molar-refractivity contribution in [3.05, 3.63) is 35.4 Å². The maximum atomic E-state index is 12.9. The van der Waals surface area contributed by atoms with Crippen LogP contribution in [0.25, 0.3) is 0 Å². The van der Waals surface area contributed by atoms with E-state index < -0.39 is 22.7 Å². The Balaban J connectivity index is 1.54. The number of carbonyl (C=O) groups is 1. The first-order valence-corrected chi connectivity index (χ1v) is 10.4. The Labute approximate surface area is 169 Å². The normalized spacial score (nSPS) is 26.8. The number of carbonyl (C=O) groups excluding carboxylic acids is 1. The lowest BCUT2D eigenvalue weighted by Gasteiger charge is -2.48. The van der Waals surface area contributed by atoms with Crippen LogP contribution in [0.2, 0.25) is 0 Å². The van der Waals surface area contributed by atoms with Gasteiger partial charge in [0.05, 0.1) is 17.0 Å². The minimum atomic E-state index is -4.36. The fraction of sp³-hybridized carbons (Fsp3) is 0.636. The predicted octanol–water partition coefficient (Wildman–Crippen LogP) is 4.23. The number of piperidine rings is 1. The molecule has 29 heavy (non-hydrogen) atoms. The van der Waals surface area contributed by atoms with E-state index in [4.69, 9.17) is 0 Å². The van der Waals surface area contributed by atoms with Crippen molar-refractivity contribution in [3.63, 3.8) is 0 Å². The maximum absolute atomic E-state index is 12.9. The molecule has 1 spiro atoms. The van der Waals surface area contributed by atoms with Crippen molar-refractivity contribution >= 4 is 5.91 Å². The van der Waals surface area contributed by atoms with E-state index in [-0.39, 0.29) is 11.8 Å². The summed E-state index contributed by atoms with van der Waals surface area (Å²) in [5.41, 5.74) is -0.909. The Morgan fingerprint density at radius 2 is 1.66 bits per heavy atom. The van der Waals surface area contributed by atoms with E-state index >= 15 is 0 Å². The molecule has 0 bridgehead atoms. The van der Waals surface area contributed by atoms with Crippen LogP contribution in [0.1, 0.15) is 62.0 Å². The number of amides is 1. The lowest BCUT2D eigenvalue weighted by atomic mass is 9.67. The van der Waals surface area contributed by atoms with Gasteiger partial charge in [-0.2, -0.15) is 18.4 Å². The molecule has 0 radical (unpaired) electrons. The molecule has 1 amide bonds. The molecule has 4 nitrogen and oxygen atoms in total. The van der Waals surface area contributed by atoms with Crippen molar-refractivity contribution < 1.29 is 18.0 Å². The highest BCUT2D eigenvalue weighted by atomic mass is 19.4. The van der Waals surface area contributed by atoms with Crippen molar-refractivity contribution in [1.82, 2.24) is 10.2 Å². The van der Waals surface area contributed by atoms with Crippen LogP contribution in [-0.2, 0) is 11.0 Å². The summed E-state index contributed by atoms with van der Waals surface area (Å²) < 4.78 is 38.7. The Hall–Kier alpha value is -2.07. The van der Waals surface area contributed by atoms with Crippen LogP contribution in [0.15, 0.2) is 24.3 Å². The molecule has 1 saturated carbocycles. The molecular weight excluding hydrogens is 379 g/mol. The van der Waals surface area contributed by atoms with E-state index in [2.05, 4.69) is 16.3 Å². The second-order valence-electron chi connectivity index (χ2n) is 8.73. The molecule has 7 heteroatoms. The van der Waals surface area contributed by atoms with E-state index in [1.165, 1.54) is 18.6 Å². The second-order valence-corrected chi connectivity index (χ2v) is 8.73. The number of nitriles is 1. The van der Waals surface area contributed by atoms with E-state index in [1.807, 2.05) is 0 Å². The number of likely N-dealkylation sites (tertiary alicyclic amines) is 1. The SMILES string of the molecule is N#CC1(N2CCC3(CC2)C(=O)NCC3c2ccc(C(F)(F)F)cc2)CCCCC1. The standard InChI is InChI=1S/C22H26F3N3O/c23-22(24,25)17-6-4-16(5-7-17)18-14-27-19(29)21(18)10-12-28(13-11-21)20(15-26)8-2-1-3-9-20/h4-7,18H,1-3,8-14H2,(H,27,29). The average molecular weight is 405 g/mol. The van der Waals surface area contributed by atoms with Crippen molar-refractivity contribution in [2.75, 3.05) is 19.6 Å². The van der Waals surface area contributed by atoms with E-state index in [0.717, 1.165) is 43.4 Å². The summed E-state index contributed by atoms with van der Waals surface area (Å²) >= 11 is 0. The Bertz CT molecular complexity index is 798. The monoisotopic (exact) mass is 405 g/mol. The van der Waals surface area contributed by atoms with Gasteiger partial charge in [-0.15, -0.1) is 0 Å². The third kappa shape index (κ3) is 3.42. The molecule has 1 aromatic rings. The van der Waals surface area contributed by atoms with Crippen LogP contribution in [0, 0.1) is 16.7 Å². The lowest BCUT2D eigenvalue weighted by molar-refractivity contribution is -0.137. The van der Waals surface area contributed by atoms with Gasteiger partial charge in [-0.05, 0) is 43.4 Å². The number of alkyl halides is 3. The van der Waals surface area contributed by atoms with Gasteiger partial charge >= 0.3 is 6.18 Å². The summed E-state index contributed by atoms with van der Waals surface area (Å²) in [6.07, 6.45) is 1.95. The first-order chi connectivity index (χ1) is 13.8. The van der Waals surface area contributed by atoms with Gasteiger partial charge in [0.1, 0.15) is 5.54 Å². The molecule has 2 heterocycles. The van der Waals surface area contributed by atoms with Gasteiger partial charge in [-0.25, -0.2) is 0 Å². The number of halogens is 3. The van der Waals surface area contributed by atoms with Crippen LogP contribution in [0.5, 0.6) is 0 Å². The van der Waals surface area contributed by atoms with Gasteiger partial charge in [-0.3, -0.25) is 9.69 Å². The van der Waals surface area contributed by atoms with Gasteiger partial charge in [0, 0.05) is 25.6 Å². The smallest absolute Gasteiger partial charge is 0.355 e. The Morgan fingerprint density at radius 1 is 1.03 bits per heavy atom. The van der Waals surface area contributed by atoms with Crippen LogP contribution in [0.3, 0.4) is 0 Å². The fourth-order valence-corrected chi connectivity index (χ4v) is 5.61. The number of hydrogen-bond donors (Lipinski definition) is 1. The molecule has 1 unspecified atom stereocenters. The summed E-state index contributed by atoms with van der Waals surface area (Å²) in [4.78, 5) is 15.1. The molecule has 3 fully saturated rings. The molecular formula is C22H26F3N3O. The van der Waals surface area contributed by atoms with Crippen LogP contribution in [-0.4, -0.2) is 36.0 Å². The summed E-state index contributed by atoms with van der Waals surface area (Å²) in [7, 11) is 0. The third-order valence-electron chi connectivity index (χ3n) is 7.38. The van der Waals surface area contributed by atoms with Gasteiger partial charge < -0.3 is 5.32 Å². The van der Waals surface area contributed by atoms with Gasteiger partial charge in [0.2, 0.25) is 5.91 Å². The molecule has 2 aliphatic heterocycles. The molecule has 1 aliphatic carbocycles. The third-order valence-corrected chi connectivity index (χ3v) is 7.38. The number of nitrogens with zero attached hydrogens (tertiary/aromatic N) is 2. The van der Waals surface area contributed by atoms with Crippen LogP contribution in [0.4, 0.5) is 13.2 Å². The Kier molecular flexibility index (Phi) is 5.10. The highest BCUT2D eigenvalue weighted by Gasteiger charge is 2.54. The average Bonchev–Trinajstić information content (AvgIpc) is 3.04. The Morgan fingerprint density at radius 3 is 2.21 bits per heavy atom. The van der Waals surface area contributed by atoms with Crippen molar-refractivity contribution in [3.8, 4) is 6.07 Å². The zero-order valence-corrected chi connectivity index (χ0v) is 16.4. The van der Waals surface area contributed by atoms with Gasteiger partial charge in [0.15, 0.2) is 0 Å². The van der Waals surface area contributed by atoms with E-state index in [1.54, 1.807) is 0 Å². The van der Waals surface area contributed by atoms with Crippen molar-refractivity contribution in [2.24, 2.45) is 5.41 Å². The lowest BCUT2D eigenvalue weighted by Crippen LogP contribution is -2.55. The first kappa shape index (κ1) is 20.2. The molecule has 1 atom stereocenters. The zero-order valence-electron chi connectivity index (χ0n) is 16.4. The number of rotatable bonds is 2. The van der Waals surface area contributed by atoms with Crippen LogP contribution >= 0.6 is 0 Å². The maximum Gasteiger partial charge on any atom is 0.416 e. The van der Waals surface area contributed by atoms with Gasteiger partial charge in [-0.1, -0.05) is 31.4 Å². The number of benzene rings is 1. The molecule has 1 N–H and O–H groups in total. The summed E-state index contributed by atoms with van der Waals surface area (Å²) in [6.45, 7) is 1.81. The first-order valence-electron chi connectivity index (χ1n) is 10.4. The summed E-state index contributed by atoms with van der Waals surface area (Å²) in [6, 6.07) is 7.80. The minimum Gasteiger partial charge on any atom is -0.355 e. The van der Waals surface area contributed by atoms with Crippen molar-refractivity contribution in [2.45, 2.75) is 62.6 Å². The second kappa shape index (κ2) is 7.32. The topological polar surface area (TPSA) is 56.1 Å². The molecule has 3 aliphatic rings. The molecule has 4 rings (SSSR count).